The molecule has 19 heavy (non-hydrogen) atoms. The summed E-state index contributed by atoms with van der Waals surface area (Å²) in [5, 5.41) is 14.0. The van der Waals surface area contributed by atoms with Crippen LogP contribution in [0.2, 0.25) is 5.02 Å². The molecule has 0 aliphatic heterocycles. The summed E-state index contributed by atoms with van der Waals surface area (Å²) in [6, 6.07) is 4.56. The molecule has 1 rings (SSSR count). The molecule has 0 atom stereocenters. The summed E-state index contributed by atoms with van der Waals surface area (Å²) in [6.45, 7) is -0.0438. The minimum Gasteiger partial charge on any atom is -0.480 e. The first-order valence-corrected chi connectivity index (χ1v) is 6.45. The zero-order valence-corrected chi connectivity index (χ0v) is 12.1. The van der Waals surface area contributed by atoms with Gasteiger partial charge in [0.1, 0.15) is 6.61 Å². The lowest BCUT2D eigenvalue weighted by atomic mass is 10.3. The third-order valence-corrected chi connectivity index (χ3v) is 2.83. The summed E-state index contributed by atoms with van der Waals surface area (Å²) in [4.78, 5) is 21.7. The van der Waals surface area contributed by atoms with E-state index in [2.05, 4.69) is 26.6 Å². The minimum absolute atomic E-state index is 0.126. The third kappa shape index (κ3) is 6.42. The van der Waals surface area contributed by atoms with Crippen LogP contribution in [0, 0.1) is 0 Å². The second-order valence-electron chi connectivity index (χ2n) is 3.45. The quantitative estimate of drug-likeness (QED) is 0.686. The summed E-state index contributed by atoms with van der Waals surface area (Å²) < 4.78 is 5.43. The van der Waals surface area contributed by atoms with Crippen molar-refractivity contribution in [1.82, 2.24) is 5.32 Å². The molecule has 0 unspecified atom stereocenters. The van der Waals surface area contributed by atoms with Crippen LogP contribution in [-0.2, 0) is 9.53 Å². The van der Waals surface area contributed by atoms with Crippen molar-refractivity contribution >= 4 is 45.2 Å². The first-order chi connectivity index (χ1) is 8.99. The fourth-order valence-corrected chi connectivity index (χ4v) is 1.94. The molecule has 0 aromatic heterocycles. The highest BCUT2D eigenvalue weighted by atomic mass is 79.9. The largest absolute Gasteiger partial charge is 0.480 e. The van der Waals surface area contributed by atoms with Crippen LogP contribution in [0.1, 0.15) is 0 Å². The molecular formula is C11H12BrClN2O4. The van der Waals surface area contributed by atoms with Crippen molar-refractivity contribution in [3.8, 4) is 0 Å². The number of halogens is 2. The molecule has 0 fully saturated rings. The number of carbonyl (C=O) groups excluding carboxylic acids is 1. The van der Waals surface area contributed by atoms with Crippen LogP contribution in [-0.4, -0.2) is 36.9 Å². The van der Waals surface area contributed by atoms with Crippen LogP contribution in [0.3, 0.4) is 0 Å². The fraction of sp³-hybridized carbons (Fsp3) is 0.273. The molecular weight excluding hydrogens is 339 g/mol. The number of ether oxygens (including phenoxy) is 1. The van der Waals surface area contributed by atoms with Crippen molar-refractivity contribution in [3.63, 3.8) is 0 Å². The maximum Gasteiger partial charge on any atom is 0.329 e. The number of carbonyl (C=O) groups is 2. The Morgan fingerprint density at radius 2 is 2.16 bits per heavy atom. The first kappa shape index (κ1) is 15.7. The molecule has 3 N–H and O–H groups in total. The van der Waals surface area contributed by atoms with Gasteiger partial charge in [0, 0.05) is 16.0 Å². The van der Waals surface area contributed by atoms with Gasteiger partial charge in [-0.05, 0) is 34.1 Å². The summed E-state index contributed by atoms with van der Waals surface area (Å²) in [6.07, 6.45) is 0. The Bertz CT molecular complexity index is 470. The molecule has 0 bridgehead atoms. The van der Waals surface area contributed by atoms with E-state index in [0.29, 0.717) is 15.2 Å². The standard InChI is InChI=1S/C11H12BrClN2O4/c12-8-5-7(13)1-2-9(8)15-11(18)14-3-4-19-6-10(16)17/h1-2,5H,3-4,6H2,(H,16,17)(H2,14,15,18). The van der Waals surface area contributed by atoms with Crippen LogP contribution in [0.5, 0.6) is 0 Å². The number of carboxylic acid groups (broad SMARTS) is 1. The van der Waals surface area contributed by atoms with Gasteiger partial charge in [-0.15, -0.1) is 0 Å². The fourth-order valence-electron chi connectivity index (χ4n) is 1.15. The Morgan fingerprint density at radius 1 is 1.42 bits per heavy atom. The van der Waals surface area contributed by atoms with Gasteiger partial charge in [-0.25, -0.2) is 9.59 Å². The van der Waals surface area contributed by atoms with Crippen molar-refractivity contribution in [3.05, 3.63) is 27.7 Å². The molecule has 0 heterocycles. The highest BCUT2D eigenvalue weighted by Crippen LogP contribution is 2.25. The number of hydrogen-bond acceptors (Lipinski definition) is 3. The molecule has 104 valence electrons. The van der Waals surface area contributed by atoms with E-state index in [9.17, 15) is 9.59 Å². The number of anilines is 1. The summed E-state index contributed by atoms with van der Waals surface area (Å²) in [5.74, 6) is -1.05. The van der Waals surface area contributed by atoms with Crippen molar-refractivity contribution in [1.29, 1.82) is 0 Å². The predicted molar refractivity (Wildman–Crippen MR) is 74.6 cm³/mol. The lowest BCUT2D eigenvalue weighted by molar-refractivity contribution is -0.142. The van der Waals surface area contributed by atoms with Crippen LogP contribution < -0.4 is 10.6 Å². The Labute approximate surface area is 123 Å². The number of nitrogens with one attached hydrogen (secondary N) is 2. The predicted octanol–water partition coefficient (Wildman–Crippen LogP) is 2.33. The lowest BCUT2D eigenvalue weighted by Crippen LogP contribution is -2.32. The van der Waals surface area contributed by atoms with Crippen molar-refractivity contribution in [2.75, 3.05) is 25.1 Å². The van der Waals surface area contributed by atoms with E-state index in [0.717, 1.165) is 0 Å². The van der Waals surface area contributed by atoms with E-state index in [1.165, 1.54) is 0 Å². The first-order valence-electron chi connectivity index (χ1n) is 5.28. The molecule has 2 amide bonds. The molecule has 0 saturated heterocycles. The normalized spacial score (nSPS) is 10.0. The van der Waals surface area contributed by atoms with Crippen LogP contribution in [0.4, 0.5) is 10.5 Å². The van der Waals surface area contributed by atoms with Gasteiger partial charge in [0.2, 0.25) is 0 Å². The second kappa shape index (κ2) is 7.98. The van der Waals surface area contributed by atoms with Gasteiger partial charge in [0.15, 0.2) is 0 Å². The van der Waals surface area contributed by atoms with Gasteiger partial charge < -0.3 is 20.5 Å². The van der Waals surface area contributed by atoms with Gasteiger partial charge in [-0.1, -0.05) is 11.6 Å². The van der Waals surface area contributed by atoms with Gasteiger partial charge in [-0.3, -0.25) is 0 Å². The lowest BCUT2D eigenvalue weighted by Gasteiger charge is -2.09. The maximum atomic E-state index is 11.5. The van der Waals surface area contributed by atoms with Crippen molar-refractivity contribution in [2.45, 2.75) is 0 Å². The zero-order chi connectivity index (χ0) is 14.3. The topological polar surface area (TPSA) is 87.7 Å². The third-order valence-electron chi connectivity index (χ3n) is 1.94. The van der Waals surface area contributed by atoms with Crippen molar-refractivity contribution in [2.24, 2.45) is 0 Å². The van der Waals surface area contributed by atoms with Gasteiger partial charge in [-0.2, -0.15) is 0 Å². The van der Waals surface area contributed by atoms with Crippen LogP contribution in [0.25, 0.3) is 0 Å². The molecule has 0 spiro atoms. The molecule has 0 aliphatic rings. The Balaban J connectivity index is 2.29. The van der Waals surface area contributed by atoms with E-state index >= 15 is 0 Å². The highest BCUT2D eigenvalue weighted by molar-refractivity contribution is 9.10. The van der Waals surface area contributed by atoms with Gasteiger partial charge in [0.05, 0.1) is 12.3 Å². The monoisotopic (exact) mass is 350 g/mol. The summed E-state index contributed by atoms with van der Waals surface area (Å²) in [5.41, 5.74) is 0.577. The SMILES string of the molecule is O=C(O)COCCNC(=O)Nc1ccc(Cl)cc1Br. The molecule has 1 aromatic carbocycles. The highest BCUT2D eigenvalue weighted by Gasteiger charge is 2.05. The molecule has 0 aliphatic carbocycles. The zero-order valence-electron chi connectivity index (χ0n) is 9.78. The molecule has 0 saturated carbocycles. The van der Waals surface area contributed by atoms with Crippen LogP contribution in [0.15, 0.2) is 22.7 Å². The number of amides is 2. The average molecular weight is 352 g/mol. The molecule has 8 heteroatoms. The van der Waals surface area contributed by atoms with E-state index in [1.807, 2.05) is 0 Å². The van der Waals surface area contributed by atoms with Gasteiger partial charge in [0.25, 0.3) is 0 Å². The van der Waals surface area contributed by atoms with E-state index in [1.54, 1.807) is 18.2 Å². The Morgan fingerprint density at radius 3 is 2.79 bits per heavy atom. The number of hydrogen-bond donors (Lipinski definition) is 3. The summed E-state index contributed by atoms with van der Waals surface area (Å²) >= 11 is 9.04. The average Bonchev–Trinajstić information content (AvgIpc) is 2.32. The number of aliphatic carboxylic acids is 1. The van der Waals surface area contributed by atoms with Gasteiger partial charge >= 0.3 is 12.0 Å². The van der Waals surface area contributed by atoms with Crippen LogP contribution >= 0.6 is 27.5 Å². The maximum absolute atomic E-state index is 11.5. The number of rotatable bonds is 6. The van der Waals surface area contributed by atoms with E-state index in [-0.39, 0.29) is 19.8 Å². The number of benzene rings is 1. The number of urea groups is 1. The van der Waals surface area contributed by atoms with E-state index < -0.39 is 12.0 Å². The smallest absolute Gasteiger partial charge is 0.329 e. The van der Waals surface area contributed by atoms with E-state index in [4.69, 9.17) is 21.4 Å². The molecule has 6 nitrogen and oxygen atoms in total. The summed E-state index contributed by atoms with van der Waals surface area (Å²) in [7, 11) is 0. The van der Waals surface area contributed by atoms with Crippen molar-refractivity contribution < 1.29 is 19.4 Å². The Hall–Kier alpha value is -1.31. The number of carboxylic acids is 1. The Kier molecular flexibility index (Phi) is 6.61. The molecule has 1 aromatic rings. The molecule has 0 radical (unpaired) electrons. The second-order valence-corrected chi connectivity index (χ2v) is 4.74. The minimum atomic E-state index is -1.05.